The molecule has 7 nitrogen and oxygen atoms in total. The maximum atomic E-state index is 12.4. The van der Waals surface area contributed by atoms with Crippen LogP contribution in [-0.4, -0.2) is 32.3 Å². The third-order valence-electron chi connectivity index (χ3n) is 4.64. The van der Waals surface area contributed by atoms with Crippen LogP contribution in [0.5, 0.6) is 0 Å². The van der Waals surface area contributed by atoms with Crippen molar-refractivity contribution >= 4 is 40.9 Å². The molecule has 0 saturated carbocycles. The summed E-state index contributed by atoms with van der Waals surface area (Å²) in [5, 5.41) is 15.3. The van der Waals surface area contributed by atoms with Gasteiger partial charge in [-0.15, -0.1) is 10.2 Å². The standard InChI is InChI=1S/C22H24ClN5O2S/c1-4-28-19(12-24-21(30)16-8-5-14(2)6-9-16)26-27-22(28)31-13-20(29)25-18-11-17(23)10-7-15(18)3/h5-11H,4,12-13H2,1-3H3,(H,24,30)(H,25,29). The number of aryl methyl sites for hydroxylation is 2. The van der Waals surface area contributed by atoms with Crippen molar-refractivity contribution in [3.05, 3.63) is 70.0 Å². The molecule has 0 aliphatic heterocycles. The number of carbonyl (C=O) groups is 2. The van der Waals surface area contributed by atoms with Crippen LogP contribution < -0.4 is 10.6 Å². The number of hydrogen-bond donors (Lipinski definition) is 2. The number of nitrogens with one attached hydrogen (secondary N) is 2. The van der Waals surface area contributed by atoms with Gasteiger partial charge in [-0.2, -0.15) is 0 Å². The summed E-state index contributed by atoms with van der Waals surface area (Å²) in [4.78, 5) is 24.7. The lowest BCUT2D eigenvalue weighted by molar-refractivity contribution is -0.113. The molecular formula is C22H24ClN5O2S. The summed E-state index contributed by atoms with van der Waals surface area (Å²) in [6, 6.07) is 12.7. The average molecular weight is 458 g/mol. The minimum absolute atomic E-state index is 0.157. The van der Waals surface area contributed by atoms with Crippen LogP contribution in [0.2, 0.25) is 5.02 Å². The smallest absolute Gasteiger partial charge is 0.251 e. The molecule has 1 heterocycles. The predicted molar refractivity (Wildman–Crippen MR) is 124 cm³/mol. The molecule has 0 aliphatic rings. The molecule has 0 fully saturated rings. The van der Waals surface area contributed by atoms with E-state index in [9.17, 15) is 9.59 Å². The second kappa shape index (κ2) is 10.5. The van der Waals surface area contributed by atoms with Crippen molar-refractivity contribution in [3.8, 4) is 0 Å². The van der Waals surface area contributed by atoms with E-state index >= 15 is 0 Å². The van der Waals surface area contributed by atoms with Gasteiger partial charge in [0.2, 0.25) is 5.91 Å². The minimum Gasteiger partial charge on any atom is -0.345 e. The number of aromatic nitrogens is 3. The molecule has 3 rings (SSSR count). The van der Waals surface area contributed by atoms with E-state index in [2.05, 4.69) is 20.8 Å². The zero-order valence-electron chi connectivity index (χ0n) is 17.6. The molecular weight excluding hydrogens is 434 g/mol. The molecule has 0 saturated heterocycles. The number of nitrogens with zero attached hydrogens (tertiary/aromatic N) is 3. The third-order valence-corrected chi connectivity index (χ3v) is 5.84. The van der Waals surface area contributed by atoms with Gasteiger partial charge in [0.1, 0.15) is 0 Å². The van der Waals surface area contributed by atoms with Crippen molar-refractivity contribution in [3.63, 3.8) is 0 Å². The van der Waals surface area contributed by atoms with Crippen LogP contribution in [0.4, 0.5) is 5.69 Å². The molecule has 2 aromatic carbocycles. The predicted octanol–water partition coefficient (Wildman–Crippen LogP) is 4.23. The fourth-order valence-corrected chi connectivity index (χ4v) is 3.88. The number of thioether (sulfide) groups is 1. The number of anilines is 1. The van der Waals surface area contributed by atoms with Gasteiger partial charge in [-0.25, -0.2) is 0 Å². The van der Waals surface area contributed by atoms with E-state index in [4.69, 9.17) is 11.6 Å². The van der Waals surface area contributed by atoms with Crippen molar-refractivity contribution in [2.24, 2.45) is 0 Å². The van der Waals surface area contributed by atoms with Gasteiger partial charge in [0.15, 0.2) is 11.0 Å². The number of amides is 2. The van der Waals surface area contributed by atoms with Crippen molar-refractivity contribution in [2.45, 2.75) is 39.0 Å². The lowest BCUT2D eigenvalue weighted by Gasteiger charge is -2.10. The summed E-state index contributed by atoms with van der Waals surface area (Å²) in [6.45, 7) is 6.72. The van der Waals surface area contributed by atoms with E-state index in [0.717, 1.165) is 11.1 Å². The van der Waals surface area contributed by atoms with Crippen LogP contribution in [0.1, 0.15) is 34.2 Å². The van der Waals surface area contributed by atoms with Gasteiger partial charge in [-0.05, 0) is 50.6 Å². The summed E-state index contributed by atoms with van der Waals surface area (Å²) in [6.07, 6.45) is 0. The van der Waals surface area contributed by atoms with E-state index in [1.165, 1.54) is 11.8 Å². The van der Waals surface area contributed by atoms with E-state index in [1.54, 1.807) is 24.3 Å². The van der Waals surface area contributed by atoms with E-state index in [-0.39, 0.29) is 24.1 Å². The summed E-state index contributed by atoms with van der Waals surface area (Å²) in [5.74, 6) is 0.489. The largest absolute Gasteiger partial charge is 0.345 e. The molecule has 0 spiro atoms. The molecule has 0 radical (unpaired) electrons. The summed E-state index contributed by atoms with van der Waals surface area (Å²) >= 11 is 7.30. The van der Waals surface area contributed by atoms with Crippen LogP contribution in [-0.2, 0) is 17.9 Å². The van der Waals surface area contributed by atoms with Crippen molar-refractivity contribution < 1.29 is 9.59 Å². The number of benzene rings is 2. The van der Waals surface area contributed by atoms with Crippen LogP contribution >= 0.6 is 23.4 Å². The quantitative estimate of drug-likeness (QED) is 0.494. The van der Waals surface area contributed by atoms with Crippen LogP contribution in [0.15, 0.2) is 47.6 Å². The molecule has 162 valence electrons. The Morgan fingerprint density at radius 2 is 1.84 bits per heavy atom. The molecule has 0 atom stereocenters. The lowest BCUT2D eigenvalue weighted by atomic mass is 10.1. The maximum absolute atomic E-state index is 12.4. The van der Waals surface area contributed by atoms with Crippen LogP contribution in [0.25, 0.3) is 0 Å². The van der Waals surface area contributed by atoms with E-state index in [1.807, 2.05) is 43.5 Å². The Hall–Kier alpha value is -2.84. The zero-order valence-corrected chi connectivity index (χ0v) is 19.2. The van der Waals surface area contributed by atoms with Gasteiger partial charge in [-0.3, -0.25) is 9.59 Å². The number of rotatable bonds is 8. The summed E-state index contributed by atoms with van der Waals surface area (Å²) in [7, 11) is 0. The average Bonchev–Trinajstić information content (AvgIpc) is 3.15. The second-order valence-corrected chi connectivity index (χ2v) is 8.37. The summed E-state index contributed by atoms with van der Waals surface area (Å²) < 4.78 is 1.89. The first-order valence-corrected chi connectivity index (χ1v) is 11.2. The van der Waals surface area contributed by atoms with E-state index in [0.29, 0.717) is 33.8 Å². The van der Waals surface area contributed by atoms with Crippen LogP contribution in [0.3, 0.4) is 0 Å². The Balaban J connectivity index is 1.58. The van der Waals surface area contributed by atoms with Gasteiger partial charge < -0.3 is 15.2 Å². The molecule has 2 N–H and O–H groups in total. The Labute approximate surface area is 190 Å². The number of hydrogen-bond acceptors (Lipinski definition) is 5. The zero-order chi connectivity index (χ0) is 22.4. The fraction of sp³-hybridized carbons (Fsp3) is 0.273. The first-order chi connectivity index (χ1) is 14.9. The molecule has 9 heteroatoms. The lowest BCUT2D eigenvalue weighted by Crippen LogP contribution is -2.24. The molecule has 1 aromatic heterocycles. The SMILES string of the molecule is CCn1c(CNC(=O)c2ccc(C)cc2)nnc1SCC(=O)Nc1cc(Cl)ccc1C. The third kappa shape index (κ3) is 6.08. The van der Waals surface area contributed by atoms with Crippen molar-refractivity contribution in [1.29, 1.82) is 0 Å². The molecule has 0 bridgehead atoms. The highest BCUT2D eigenvalue weighted by atomic mass is 35.5. The monoisotopic (exact) mass is 457 g/mol. The molecule has 3 aromatic rings. The summed E-state index contributed by atoms with van der Waals surface area (Å²) in [5.41, 5.74) is 3.31. The molecule has 0 aliphatic carbocycles. The Morgan fingerprint density at radius 1 is 1.10 bits per heavy atom. The molecule has 31 heavy (non-hydrogen) atoms. The fourth-order valence-electron chi connectivity index (χ4n) is 2.89. The minimum atomic E-state index is -0.170. The van der Waals surface area contributed by atoms with Gasteiger partial charge in [0, 0.05) is 22.8 Å². The molecule has 2 amide bonds. The highest BCUT2D eigenvalue weighted by molar-refractivity contribution is 7.99. The first kappa shape index (κ1) is 22.8. The number of halogens is 1. The first-order valence-electron chi connectivity index (χ1n) is 9.83. The van der Waals surface area contributed by atoms with Crippen molar-refractivity contribution in [1.82, 2.24) is 20.1 Å². The highest BCUT2D eigenvalue weighted by Crippen LogP contribution is 2.22. The topological polar surface area (TPSA) is 88.9 Å². The van der Waals surface area contributed by atoms with Crippen molar-refractivity contribution in [2.75, 3.05) is 11.1 Å². The Morgan fingerprint density at radius 3 is 2.55 bits per heavy atom. The normalized spacial score (nSPS) is 10.7. The van der Waals surface area contributed by atoms with Gasteiger partial charge in [0.05, 0.1) is 12.3 Å². The Bertz CT molecular complexity index is 1080. The maximum Gasteiger partial charge on any atom is 0.251 e. The van der Waals surface area contributed by atoms with Gasteiger partial charge >= 0.3 is 0 Å². The van der Waals surface area contributed by atoms with Gasteiger partial charge in [-0.1, -0.05) is 47.1 Å². The van der Waals surface area contributed by atoms with Crippen LogP contribution in [0, 0.1) is 13.8 Å². The Kier molecular flexibility index (Phi) is 7.70. The highest BCUT2D eigenvalue weighted by Gasteiger charge is 2.15. The number of carbonyl (C=O) groups excluding carboxylic acids is 2. The second-order valence-electron chi connectivity index (χ2n) is 6.99. The van der Waals surface area contributed by atoms with Gasteiger partial charge in [0.25, 0.3) is 5.91 Å². The molecule has 0 unspecified atom stereocenters. The van der Waals surface area contributed by atoms with E-state index < -0.39 is 0 Å².